The molecule has 0 fully saturated rings. The van der Waals surface area contributed by atoms with E-state index in [1.54, 1.807) is 6.92 Å². The van der Waals surface area contributed by atoms with Gasteiger partial charge in [0.2, 0.25) is 0 Å². The molecular formula is C18H17F3N4O5S. The number of aromatic amines is 1. The highest BCUT2D eigenvalue weighted by atomic mass is 32.2. The number of carbonyl (C=O) groups is 1. The molecule has 0 aliphatic rings. The molecule has 3 rings (SSSR count). The first-order valence-corrected chi connectivity index (χ1v) is 10.8. The van der Waals surface area contributed by atoms with Crippen LogP contribution in [0.1, 0.15) is 25.3 Å². The summed E-state index contributed by atoms with van der Waals surface area (Å²) in [6.07, 6.45) is -1.57. The summed E-state index contributed by atoms with van der Waals surface area (Å²) in [4.78, 5) is 39.9. The maximum Gasteiger partial charge on any atom is 0.418 e. The first kappa shape index (κ1) is 22.3. The average molecular weight is 458 g/mol. The summed E-state index contributed by atoms with van der Waals surface area (Å²) in [5.74, 6) is -1.03. The van der Waals surface area contributed by atoms with Crippen LogP contribution in [0.25, 0.3) is 16.6 Å². The molecule has 1 aromatic carbocycles. The molecule has 0 aliphatic heterocycles. The number of hydrogen-bond acceptors (Lipinski definition) is 5. The van der Waals surface area contributed by atoms with Crippen LogP contribution in [0.2, 0.25) is 0 Å². The Balaban J connectivity index is 2.42. The highest BCUT2D eigenvalue weighted by Crippen LogP contribution is 2.35. The zero-order chi connectivity index (χ0) is 23.1. The van der Waals surface area contributed by atoms with E-state index in [2.05, 4.69) is 4.98 Å². The van der Waals surface area contributed by atoms with E-state index in [-0.39, 0.29) is 21.9 Å². The van der Waals surface area contributed by atoms with Gasteiger partial charge in [0.25, 0.3) is 21.5 Å². The first-order chi connectivity index (χ1) is 14.4. The van der Waals surface area contributed by atoms with E-state index < -0.39 is 55.5 Å². The second-order valence-electron chi connectivity index (χ2n) is 6.70. The standard InChI is InChI=1S/C18H17F3N4O5S/c1-3-6-15(26)25(31(2,29)30)24-16(27)11-9-14(23-7-4-5-8-23)12(18(19,20)21)10-13(11)22-17(24)28/h4-5,7-10H,3,6H2,1-2H3,(H,22,28). The Morgan fingerprint density at radius 1 is 1.16 bits per heavy atom. The Labute approximate surface area is 173 Å². The van der Waals surface area contributed by atoms with Crippen molar-refractivity contribution in [3.63, 3.8) is 0 Å². The third-order valence-corrected chi connectivity index (χ3v) is 5.35. The van der Waals surface area contributed by atoms with Gasteiger partial charge in [-0.1, -0.05) is 6.92 Å². The van der Waals surface area contributed by atoms with Crippen LogP contribution < -0.4 is 15.7 Å². The number of nitrogens with one attached hydrogen (secondary N) is 1. The number of nitrogens with zero attached hydrogens (tertiary/aromatic N) is 3. The normalized spacial score (nSPS) is 12.3. The van der Waals surface area contributed by atoms with E-state index in [0.717, 1.165) is 10.6 Å². The molecule has 0 atom stereocenters. The third kappa shape index (κ3) is 4.13. The molecular weight excluding hydrogens is 441 g/mol. The van der Waals surface area contributed by atoms with Gasteiger partial charge in [-0.05, 0) is 30.7 Å². The number of carbonyl (C=O) groups excluding carboxylic acids is 1. The Kier molecular flexibility index (Phi) is 5.56. The van der Waals surface area contributed by atoms with E-state index in [1.165, 1.54) is 24.5 Å². The number of aromatic nitrogens is 3. The molecule has 1 N–H and O–H groups in total. The van der Waals surface area contributed by atoms with Gasteiger partial charge in [-0.2, -0.15) is 13.2 Å². The van der Waals surface area contributed by atoms with Crippen molar-refractivity contribution in [2.24, 2.45) is 0 Å². The van der Waals surface area contributed by atoms with Crippen molar-refractivity contribution >= 4 is 26.8 Å². The fourth-order valence-electron chi connectivity index (χ4n) is 3.10. The minimum Gasteiger partial charge on any atom is -0.323 e. The summed E-state index contributed by atoms with van der Waals surface area (Å²) >= 11 is 0. The molecule has 0 aliphatic carbocycles. The Morgan fingerprint density at radius 3 is 2.29 bits per heavy atom. The summed E-state index contributed by atoms with van der Waals surface area (Å²) in [7, 11) is -4.40. The molecule has 0 bridgehead atoms. The lowest BCUT2D eigenvalue weighted by Gasteiger charge is -2.21. The summed E-state index contributed by atoms with van der Waals surface area (Å²) < 4.78 is 66.4. The second-order valence-corrected chi connectivity index (χ2v) is 8.51. The minimum absolute atomic E-state index is 0.0319. The minimum atomic E-state index is -4.81. The molecule has 1 amide bonds. The van der Waals surface area contributed by atoms with Crippen LogP contribution in [0.4, 0.5) is 13.2 Å². The van der Waals surface area contributed by atoms with Gasteiger partial charge in [-0.3, -0.25) is 9.59 Å². The predicted octanol–water partition coefficient (Wildman–Crippen LogP) is 1.72. The van der Waals surface area contributed by atoms with Crippen molar-refractivity contribution in [1.29, 1.82) is 0 Å². The molecule has 13 heteroatoms. The van der Waals surface area contributed by atoms with E-state index in [1.807, 2.05) is 0 Å². The van der Waals surface area contributed by atoms with Crippen molar-refractivity contribution in [2.45, 2.75) is 25.9 Å². The van der Waals surface area contributed by atoms with Gasteiger partial charge in [0.15, 0.2) is 0 Å². The number of hydrogen-bond donors (Lipinski definition) is 1. The lowest BCUT2D eigenvalue weighted by Crippen LogP contribution is -2.55. The van der Waals surface area contributed by atoms with E-state index >= 15 is 0 Å². The monoisotopic (exact) mass is 458 g/mol. The zero-order valence-corrected chi connectivity index (χ0v) is 17.1. The largest absolute Gasteiger partial charge is 0.418 e. The summed E-state index contributed by atoms with van der Waals surface area (Å²) in [5, 5.41) is -0.408. The summed E-state index contributed by atoms with van der Waals surface area (Å²) in [6.45, 7) is 1.59. The smallest absolute Gasteiger partial charge is 0.323 e. The van der Waals surface area contributed by atoms with Gasteiger partial charge >= 0.3 is 11.9 Å². The number of amides is 1. The van der Waals surface area contributed by atoms with Crippen LogP contribution in [0.5, 0.6) is 0 Å². The molecule has 0 saturated heterocycles. The number of halogens is 3. The Bertz CT molecular complexity index is 1370. The van der Waals surface area contributed by atoms with Crippen molar-refractivity contribution < 1.29 is 26.4 Å². The van der Waals surface area contributed by atoms with E-state index in [0.29, 0.717) is 12.3 Å². The Hall–Kier alpha value is -3.35. The van der Waals surface area contributed by atoms with E-state index in [9.17, 15) is 36.0 Å². The maximum atomic E-state index is 13.6. The van der Waals surface area contributed by atoms with Crippen LogP contribution in [-0.4, -0.2) is 34.8 Å². The number of alkyl halides is 3. The molecule has 166 valence electrons. The van der Waals surface area contributed by atoms with Gasteiger partial charge in [0, 0.05) is 18.8 Å². The summed E-state index contributed by atoms with van der Waals surface area (Å²) in [5.41, 5.74) is -4.60. The third-order valence-electron chi connectivity index (χ3n) is 4.35. The van der Waals surface area contributed by atoms with Gasteiger partial charge in [0.1, 0.15) is 0 Å². The quantitative estimate of drug-likeness (QED) is 0.626. The van der Waals surface area contributed by atoms with Crippen LogP contribution in [0, 0.1) is 0 Å². The molecule has 0 radical (unpaired) electrons. The molecule has 2 aromatic heterocycles. The number of benzene rings is 1. The van der Waals surface area contributed by atoms with E-state index in [4.69, 9.17) is 0 Å². The fourth-order valence-corrected chi connectivity index (χ4v) is 4.00. The van der Waals surface area contributed by atoms with Gasteiger partial charge < -0.3 is 9.55 Å². The van der Waals surface area contributed by atoms with Crippen LogP contribution >= 0.6 is 0 Å². The number of fused-ring (bicyclic) bond motifs is 1. The summed E-state index contributed by atoms with van der Waals surface area (Å²) in [6, 6.07) is 4.43. The zero-order valence-electron chi connectivity index (χ0n) is 16.3. The topological polar surface area (TPSA) is 114 Å². The van der Waals surface area contributed by atoms with Crippen LogP contribution in [0.3, 0.4) is 0 Å². The first-order valence-electron chi connectivity index (χ1n) is 8.93. The molecule has 0 spiro atoms. The fraction of sp³-hybridized carbons (Fsp3) is 0.278. The molecule has 0 saturated carbocycles. The molecule has 0 unspecified atom stereocenters. The second kappa shape index (κ2) is 7.72. The van der Waals surface area contributed by atoms with Gasteiger partial charge in [-0.15, -0.1) is 9.09 Å². The lowest BCUT2D eigenvalue weighted by molar-refractivity contribution is -0.137. The highest BCUT2D eigenvalue weighted by molar-refractivity contribution is 7.92. The number of rotatable bonds is 5. The molecule has 9 nitrogen and oxygen atoms in total. The molecule has 3 aromatic rings. The maximum absolute atomic E-state index is 13.6. The van der Waals surface area contributed by atoms with Crippen molar-refractivity contribution in [3.05, 3.63) is 63.1 Å². The average Bonchev–Trinajstić information content (AvgIpc) is 3.17. The van der Waals surface area contributed by atoms with Crippen molar-refractivity contribution in [3.8, 4) is 5.69 Å². The van der Waals surface area contributed by atoms with Gasteiger partial charge in [-0.25, -0.2) is 13.2 Å². The molecule has 31 heavy (non-hydrogen) atoms. The van der Waals surface area contributed by atoms with Crippen molar-refractivity contribution in [2.75, 3.05) is 10.7 Å². The number of sulfonamides is 1. The lowest BCUT2D eigenvalue weighted by atomic mass is 10.1. The SMILES string of the molecule is CCCC(=O)N(n1c(=O)[nH]c2cc(C(F)(F)F)c(-n3cccc3)cc2c1=O)S(C)(=O)=O. The number of H-pyrrole nitrogens is 1. The highest BCUT2D eigenvalue weighted by Gasteiger charge is 2.35. The van der Waals surface area contributed by atoms with Gasteiger partial charge in [0.05, 0.1) is 28.4 Å². The van der Waals surface area contributed by atoms with Crippen LogP contribution in [0.15, 0.2) is 46.2 Å². The Morgan fingerprint density at radius 2 is 1.77 bits per heavy atom. The predicted molar refractivity (Wildman–Crippen MR) is 106 cm³/mol. The molecule has 2 heterocycles. The van der Waals surface area contributed by atoms with Crippen LogP contribution in [-0.2, 0) is 21.0 Å². The van der Waals surface area contributed by atoms with Crippen molar-refractivity contribution in [1.82, 2.24) is 14.2 Å².